The Labute approximate surface area is 148 Å². The van der Waals surface area contributed by atoms with Crippen LogP contribution in [0.15, 0.2) is 54.7 Å². The molecule has 2 N–H and O–H groups in total. The second-order valence-electron chi connectivity index (χ2n) is 6.46. The van der Waals surface area contributed by atoms with Gasteiger partial charge in [0.05, 0.1) is 13.0 Å². The lowest BCUT2D eigenvalue weighted by atomic mass is 10.0. The fraction of sp³-hybridized carbons (Fsp3) is 0.286. The molecule has 0 aliphatic heterocycles. The van der Waals surface area contributed by atoms with Crippen LogP contribution in [0.3, 0.4) is 0 Å². The number of fused-ring (bicyclic) bond motifs is 1. The number of hydrogen-bond acceptors (Lipinski definition) is 2. The first kappa shape index (κ1) is 17.1. The fourth-order valence-electron chi connectivity index (χ4n) is 2.82. The van der Waals surface area contributed by atoms with Crippen LogP contribution in [0.1, 0.15) is 30.9 Å². The number of hydrogen-bond donors (Lipinski definition) is 2. The number of benzene rings is 2. The molecule has 0 aliphatic rings. The van der Waals surface area contributed by atoms with Crippen LogP contribution in [0.2, 0.25) is 0 Å². The minimum atomic E-state index is 0.00325. The highest BCUT2D eigenvalue weighted by atomic mass is 16.5. The highest BCUT2D eigenvalue weighted by molar-refractivity contribution is 5.88. The van der Waals surface area contributed by atoms with Crippen molar-refractivity contribution in [3.05, 3.63) is 65.9 Å². The van der Waals surface area contributed by atoms with Gasteiger partial charge in [-0.1, -0.05) is 44.2 Å². The number of aromatic nitrogens is 1. The maximum absolute atomic E-state index is 12.1. The summed E-state index contributed by atoms with van der Waals surface area (Å²) in [7, 11) is 0. The number of amides is 1. The van der Waals surface area contributed by atoms with Gasteiger partial charge in [-0.05, 0) is 35.2 Å². The van der Waals surface area contributed by atoms with Crippen molar-refractivity contribution < 1.29 is 9.53 Å². The predicted octanol–water partition coefficient (Wildman–Crippen LogP) is 4.03. The topological polar surface area (TPSA) is 54.1 Å². The summed E-state index contributed by atoms with van der Waals surface area (Å²) in [5.41, 5.74) is 3.36. The predicted molar refractivity (Wildman–Crippen MR) is 101 cm³/mol. The number of ether oxygens (including phenoxy) is 1. The van der Waals surface area contributed by atoms with E-state index >= 15 is 0 Å². The normalized spacial score (nSPS) is 11.0. The van der Waals surface area contributed by atoms with E-state index in [2.05, 4.69) is 36.3 Å². The van der Waals surface area contributed by atoms with Crippen LogP contribution in [0.4, 0.5) is 0 Å². The van der Waals surface area contributed by atoms with E-state index in [1.807, 2.05) is 42.6 Å². The smallest absolute Gasteiger partial charge is 0.224 e. The van der Waals surface area contributed by atoms with E-state index in [1.165, 1.54) is 5.56 Å². The van der Waals surface area contributed by atoms with Crippen molar-refractivity contribution in [3.63, 3.8) is 0 Å². The van der Waals surface area contributed by atoms with Crippen LogP contribution < -0.4 is 10.1 Å². The monoisotopic (exact) mass is 336 g/mol. The summed E-state index contributed by atoms with van der Waals surface area (Å²) in [6.45, 7) is 5.28. The van der Waals surface area contributed by atoms with Crippen molar-refractivity contribution in [3.8, 4) is 5.75 Å². The van der Waals surface area contributed by atoms with Gasteiger partial charge in [-0.3, -0.25) is 4.79 Å². The van der Waals surface area contributed by atoms with Gasteiger partial charge < -0.3 is 15.0 Å². The van der Waals surface area contributed by atoms with Crippen molar-refractivity contribution in [2.75, 3.05) is 13.2 Å². The molecule has 4 nitrogen and oxygen atoms in total. The van der Waals surface area contributed by atoms with E-state index in [1.54, 1.807) is 0 Å². The number of carbonyl (C=O) groups is 1. The minimum Gasteiger partial charge on any atom is -0.492 e. The van der Waals surface area contributed by atoms with Gasteiger partial charge in [-0.2, -0.15) is 0 Å². The number of H-pyrrole nitrogens is 1. The molecule has 3 rings (SSSR count). The lowest BCUT2D eigenvalue weighted by molar-refractivity contribution is -0.120. The Morgan fingerprint density at radius 3 is 2.64 bits per heavy atom. The number of aromatic amines is 1. The summed E-state index contributed by atoms with van der Waals surface area (Å²) in [4.78, 5) is 15.3. The summed E-state index contributed by atoms with van der Waals surface area (Å²) in [5.74, 6) is 1.34. The van der Waals surface area contributed by atoms with Gasteiger partial charge in [-0.15, -0.1) is 0 Å². The summed E-state index contributed by atoms with van der Waals surface area (Å²) < 4.78 is 5.68. The van der Waals surface area contributed by atoms with Gasteiger partial charge in [0.15, 0.2) is 0 Å². The lowest BCUT2D eigenvalue weighted by Crippen LogP contribution is -2.29. The second-order valence-corrected chi connectivity index (χ2v) is 6.46. The molecule has 0 saturated carbocycles. The number of nitrogens with one attached hydrogen (secondary N) is 2. The van der Waals surface area contributed by atoms with Crippen molar-refractivity contribution in [1.29, 1.82) is 0 Å². The number of carbonyl (C=O) groups excluding carboxylic acids is 1. The molecule has 0 aliphatic carbocycles. The zero-order valence-electron chi connectivity index (χ0n) is 14.7. The molecule has 2 aromatic carbocycles. The molecular formula is C21H24N2O2. The molecular weight excluding hydrogens is 312 g/mol. The highest BCUT2D eigenvalue weighted by Crippen LogP contribution is 2.19. The van der Waals surface area contributed by atoms with E-state index in [9.17, 15) is 4.79 Å². The standard InChI is InChI=1S/C21H24N2O2/c1-15(2)16-7-9-18(10-8-16)25-12-11-22-21(24)13-17-14-23-20-6-4-3-5-19(17)20/h3-10,14-15,23H,11-13H2,1-2H3,(H,22,24). The van der Waals surface area contributed by atoms with Crippen LogP contribution in [0, 0.1) is 0 Å². The van der Waals surface area contributed by atoms with Crippen LogP contribution in [0.5, 0.6) is 5.75 Å². The first-order valence-electron chi connectivity index (χ1n) is 8.68. The number of rotatable bonds is 7. The molecule has 130 valence electrons. The lowest BCUT2D eigenvalue weighted by Gasteiger charge is -2.09. The summed E-state index contributed by atoms with van der Waals surface area (Å²) in [5, 5.41) is 4.00. The average Bonchev–Trinajstić information content (AvgIpc) is 3.02. The Morgan fingerprint density at radius 1 is 1.12 bits per heavy atom. The molecule has 0 bridgehead atoms. The van der Waals surface area contributed by atoms with E-state index in [4.69, 9.17) is 4.74 Å². The van der Waals surface area contributed by atoms with Gasteiger partial charge >= 0.3 is 0 Å². The van der Waals surface area contributed by atoms with Crippen LogP contribution >= 0.6 is 0 Å². The fourth-order valence-corrected chi connectivity index (χ4v) is 2.82. The molecule has 0 unspecified atom stereocenters. The SMILES string of the molecule is CC(C)c1ccc(OCCNC(=O)Cc2c[nH]c3ccccc23)cc1. The second kappa shape index (κ2) is 7.88. The Bertz CT molecular complexity index is 834. The molecule has 1 aromatic heterocycles. The highest BCUT2D eigenvalue weighted by Gasteiger charge is 2.08. The van der Waals surface area contributed by atoms with E-state index < -0.39 is 0 Å². The summed E-state index contributed by atoms with van der Waals surface area (Å²) in [6.07, 6.45) is 2.27. The van der Waals surface area contributed by atoms with E-state index in [0.29, 0.717) is 25.5 Å². The molecule has 0 atom stereocenters. The molecule has 1 heterocycles. The summed E-state index contributed by atoms with van der Waals surface area (Å²) >= 11 is 0. The molecule has 0 radical (unpaired) electrons. The van der Waals surface area contributed by atoms with Crippen molar-refractivity contribution >= 4 is 16.8 Å². The van der Waals surface area contributed by atoms with Crippen molar-refractivity contribution in [2.45, 2.75) is 26.2 Å². The molecule has 0 spiro atoms. The van der Waals surface area contributed by atoms with E-state index in [0.717, 1.165) is 22.2 Å². The van der Waals surface area contributed by atoms with Gasteiger partial charge in [0.2, 0.25) is 5.91 Å². The molecule has 4 heteroatoms. The van der Waals surface area contributed by atoms with E-state index in [-0.39, 0.29) is 5.91 Å². The molecule has 3 aromatic rings. The zero-order chi connectivity index (χ0) is 17.6. The molecule has 1 amide bonds. The third-order valence-electron chi connectivity index (χ3n) is 4.27. The van der Waals surface area contributed by atoms with Crippen LogP contribution in [0.25, 0.3) is 10.9 Å². The minimum absolute atomic E-state index is 0.00325. The maximum Gasteiger partial charge on any atom is 0.224 e. The van der Waals surface area contributed by atoms with Crippen molar-refractivity contribution in [1.82, 2.24) is 10.3 Å². The maximum atomic E-state index is 12.1. The van der Waals surface area contributed by atoms with Gasteiger partial charge in [0, 0.05) is 17.1 Å². The number of para-hydroxylation sites is 1. The third-order valence-corrected chi connectivity index (χ3v) is 4.27. The van der Waals surface area contributed by atoms with Crippen molar-refractivity contribution in [2.24, 2.45) is 0 Å². The molecule has 25 heavy (non-hydrogen) atoms. The van der Waals surface area contributed by atoms with Gasteiger partial charge in [0.1, 0.15) is 12.4 Å². The Balaban J connectivity index is 1.43. The third kappa shape index (κ3) is 4.41. The molecule has 0 saturated heterocycles. The Kier molecular flexibility index (Phi) is 5.39. The van der Waals surface area contributed by atoms with Crippen LogP contribution in [-0.2, 0) is 11.2 Å². The van der Waals surface area contributed by atoms with Gasteiger partial charge in [0.25, 0.3) is 0 Å². The first-order chi connectivity index (χ1) is 12.1. The first-order valence-corrected chi connectivity index (χ1v) is 8.68. The quantitative estimate of drug-likeness (QED) is 0.640. The molecule has 0 fully saturated rings. The van der Waals surface area contributed by atoms with Gasteiger partial charge in [-0.25, -0.2) is 0 Å². The summed E-state index contributed by atoms with van der Waals surface area (Å²) in [6, 6.07) is 16.1. The Hall–Kier alpha value is -2.75. The Morgan fingerprint density at radius 2 is 1.88 bits per heavy atom. The largest absolute Gasteiger partial charge is 0.492 e. The zero-order valence-corrected chi connectivity index (χ0v) is 14.7. The average molecular weight is 336 g/mol. The van der Waals surface area contributed by atoms with Crippen LogP contribution in [-0.4, -0.2) is 24.0 Å².